The molecule has 1 unspecified atom stereocenters. The Morgan fingerprint density at radius 3 is 2.36 bits per heavy atom. The molecule has 0 spiro atoms. The Kier molecular flexibility index (Phi) is 6.45. The summed E-state index contributed by atoms with van der Waals surface area (Å²) in [6.45, 7) is 5.39. The number of amides is 4. The highest BCUT2D eigenvalue weighted by Gasteiger charge is 2.37. The molecule has 2 aliphatic heterocycles. The van der Waals surface area contributed by atoms with Gasteiger partial charge in [-0.15, -0.1) is 0 Å². The van der Waals surface area contributed by atoms with Crippen LogP contribution in [-0.4, -0.2) is 56.5 Å². The number of anilines is 1. The van der Waals surface area contributed by atoms with Crippen molar-refractivity contribution in [1.29, 1.82) is 0 Å². The van der Waals surface area contributed by atoms with Gasteiger partial charge in [0.25, 0.3) is 0 Å². The number of rotatable bonds is 5. The second kappa shape index (κ2) is 9.85. The molecule has 2 aliphatic rings. The highest BCUT2D eigenvalue weighted by Crippen LogP contribution is 2.27. The predicted octanol–water partition coefficient (Wildman–Crippen LogP) is 3.84. The molecule has 3 aromatic rings. The number of likely N-dealkylation sites (tertiary alicyclic amines) is 1. The van der Waals surface area contributed by atoms with Crippen molar-refractivity contribution in [3.05, 3.63) is 83.4 Å². The van der Waals surface area contributed by atoms with Crippen molar-refractivity contribution in [2.75, 3.05) is 18.4 Å². The van der Waals surface area contributed by atoms with Crippen LogP contribution in [0.25, 0.3) is 0 Å². The van der Waals surface area contributed by atoms with Crippen molar-refractivity contribution in [3.63, 3.8) is 0 Å². The highest BCUT2D eigenvalue weighted by atomic mass is 16.2. The largest absolute Gasteiger partial charge is 0.340 e. The number of urea groups is 1. The molecule has 0 bridgehead atoms. The van der Waals surface area contributed by atoms with E-state index < -0.39 is 12.1 Å². The van der Waals surface area contributed by atoms with Crippen molar-refractivity contribution in [2.24, 2.45) is 0 Å². The fourth-order valence-electron chi connectivity index (χ4n) is 4.97. The maximum Gasteiger partial charge on any atom is 0.330 e. The number of aromatic nitrogens is 2. The molecular weight excluding hydrogens is 456 g/mol. The maximum absolute atomic E-state index is 13.6. The fourth-order valence-corrected chi connectivity index (χ4v) is 4.97. The number of benzene rings is 2. The van der Waals surface area contributed by atoms with E-state index in [9.17, 15) is 14.4 Å². The van der Waals surface area contributed by atoms with Gasteiger partial charge in [-0.1, -0.05) is 48.0 Å². The average Bonchev–Trinajstić information content (AvgIpc) is 3.43. The third kappa shape index (κ3) is 4.68. The Bertz CT molecular complexity index is 1260. The van der Waals surface area contributed by atoms with Crippen LogP contribution in [0.4, 0.5) is 15.3 Å². The second-order valence-electron chi connectivity index (χ2n) is 9.41. The number of fused-ring (bicyclic) bond motifs is 1. The van der Waals surface area contributed by atoms with Crippen molar-refractivity contribution in [3.8, 4) is 0 Å². The van der Waals surface area contributed by atoms with Crippen LogP contribution in [0.3, 0.4) is 0 Å². The van der Waals surface area contributed by atoms with Gasteiger partial charge in [0, 0.05) is 24.8 Å². The minimum Gasteiger partial charge on any atom is -0.340 e. The Morgan fingerprint density at radius 1 is 1.00 bits per heavy atom. The predicted molar refractivity (Wildman–Crippen MR) is 135 cm³/mol. The molecule has 186 valence electrons. The maximum atomic E-state index is 13.6. The van der Waals surface area contributed by atoms with Crippen LogP contribution in [0, 0.1) is 13.8 Å². The summed E-state index contributed by atoms with van der Waals surface area (Å²) in [7, 11) is 0. The highest BCUT2D eigenvalue weighted by molar-refractivity contribution is 5.94. The molecule has 9 nitrogen and oxygen atoms in total. The first-order valence-corrected chi connectivity index (χ1v) is 12.2. The molecule has 1 fully saturated rings. The number of nitrogens with zero attached hydrogens (tertiary/aromatic N) is 4. The molecule has 1 saturated heterocycles. The van der Waals surface area contributed by atoms with Gasteiger partial charge in [-0.3, -0.25) is 9.36 Å². The van der Waals surface area contributed by atoms with Gasteiger partial charge in [0.05, 0.1) is 18.4 Å². The number of nitrogens with one attached hydrogen (secondary N) is 2. The van der Waals surface area contributed by atoms with Crippen LogP contribution < -0.4 is 10.6 Å². The monoisotopic (exact) mass is 486 g/mol. The van der Waals surface area contributed by atoms with E-state index in [0.717, 1.165) is 16.8 Å². The zero-order valence-corrected chi connectivity index (χ0v) is 20.5. The van der Waals surface area contributed by atoms with Gasteiger partial charge in [0.2, 0.25) is 5.91 Å². The minimum atomic E-state index is -0.809. The number of aryl methyl sites for hydroxylation is 2. The summed E-state index contributed by atoms with van der Waals surface area (Å²) in [6.07, 6.45) is 3.13. The normalized spacial score (nSPS) is 16.6. The number of hydrogen-bond donors (Lipinski definition) is 2. The fraction of sp³-hybridized carbons (Fsp3) is 0.333. The first-order valence-electron chi connectivity index (χ1n) is 12.2. The summed E-state index contributed by atoms with van der Waals surface area (Å²) in [5.41, 5.74) is 3.38. The topological polar surface area (TPSA) is 99.6 Å². The zero-order valence-electron chi connectivity index (χ0n) is 20.5. The number of piperidine rings is 1. The molecular formula is C27H30N6O3. The lowest BCUT2D eigenvalue weighted by Gasteiger charge is -2.37. The summed E-state index contributed by atoms with van der Waals surface area (Å²) >= 11 is 0. The van der Waals surface area contributed by atoms with E-state index in [2.05, 4.69) is 15.6 Å². The van der Waals surface area contributed by atoms with Crippen LogP contribution in [0.5, 0.6) is 0 Å². The van der Waals surface area contributed by atoms with Crippen LogP contribution in [-0.2, 0) is 11.3 Å². The molecule has 36 heavy (non-hydrogen) atoms. The second-order valence-corrected chi connectivity index (χ2v) is 9.41. The van der Waals surface area contributed by atoms with E-state index in [-0.39, 0.29) is 18.0 Å². The summed E-state index contributed by atoms with van der Waals surface area (Å²) in [6, 6.07) is 15.5. The number of carbonyl (C=O) groups excluding carboxylic acids is 3. The number of imidazole rings is 1. The third-order valence-corrected chi connectivity index (χ3v) is 6.96. The quantitative estimate of drug-likeness (QED) is 0.572. The van der Waals surface area contributed by atoms with Crippen LogP contribution >= 0.6 is 0 Å². The molecule has 4 amide bonds. The van der Waals surface area contributed by atoms with Gasteiger partial charge in [0.15, 0.2) is 0 Å². The van der Waals surface area contributed by atoms with E-state index >= 15 is 0 Å². The first kappa shape index (κ1) is 23.6. The van der Waals surface area contributed by atoms with E-state index in [1.54, 1.807) is 15.7 Å². The molecule has 9 heteroatoms. The summed E-state index contributed by atoms with van der Waals surface area (Å²) in [5.74, 6) is 0.545. The lowest BCUT2D eigenvalue weighted by molar-refractivity contribution is -0.134. The van der Waals surface area contributed by atoms with Crippen molar-refractivity contribution < 1.29 is 14.4 Å². The van der Waals surface area contributed by atoms with Gasteiger partial charge in [-0.05, 0) is 44.4 Å². The average molecular weight is 487 g/mol. The molecule has 5 rings (SSSR count). The SMILES string of the molecule is Cc1ccc(NC(=O)NC(C(=O)N2CCC(N3Cc4cnc(C)n4C3=O)CC2)c2ccccc2)cc1. The van der Waals surface area contributed by atoms with E-state index in [1.807, 2.05) is 73.3 Å². The lowest BCUT2D eigenvalue weighted by Crippen LogP contribution is -2.50. The van der Waals surface area contributed by atoms with Crippen LogP contribution in [0.1, 0.15) is 41.5 Å². The molecule has 0 radical (unpaired) electrons. The van der Waals surface area contributed by atoms with Gasteiger partial charge in [-0.2, -0.15) is 0 Å². The Hall–Kier alpha value is -4.14. The van der Waals surface area contributed by atoms with Gasteiger partial charge in [0.1, 0.15) is 11.9 Å². The zero-order chi connectivity index (χ0) is 25.2. The Balaban J connectivity index is 1.24. The Labute approximate surface area is 210 Å². The molecule has 0 aliphatic carbocycles. The first-order chi connectivity index (χ1) is 17.4. The Morgan fingerprint density at radius 2 is 1.69 bits per heavy atom. The van der Waals surface area contributed by atoms with Crippen molar-refractivity contribution in [1.82, 2.24) is 24.7 Å². The molecule has 1 aromatic heterocycles. The molecule has 2 N–H and O–H groups in total. The van der Waals surface area contributed by atoms with E-state index in [1.165, 1.54) is 0 Å². The summed E-state index contributed by atoms with van der Waals surface area (Å²) in [5, 5.41) is 5.68. The standard InChI is InChI=1S/C27H30N6O3/c1-18-8-10-21(11-9-18)29-26(35)30-24(20-6-4-3-5-7-20)25(34)31-14-12-22(13-15-31)32-17-23-16-28-19(2)33(23)27(32)36/h3-11,16,22,24H,12-15,17H2,1-2H3,(H2,29,30,35). The van der Waals surface area contributed by atoms with E-state index in [4.69, 9.17) is 0 Å². The smallest absolute Gasteiger partial charge is 0.330 e. The van der Waals surface area contributed by atoms with Crippen LogP contribution in [0.15, 0.2) is 60.8 Å². The van der Waals surface area contributed by atoms with Crippen molar-refractivity contribution >= 4 is 23.7 Å². The van der Waals surface area contributed by atoms with Gasteiger partial charge >= 0.3 is 12.1 Å². The van der Waals surface area contributed by atoms with Gasteiger partial charge < -0.3 is 20.4 Å². The van der Waals surface area contributed by atoms with Crippen molar-refractivity contribution in [2.45, 2.75) is 45.3 Å². The molecule has 1 atom stereocenters. The molecule has 3 heterocycles. The summed E-state index contributed by atoms with van der Waals surface area (Å²) in [4.78, 5) is 47.2. The molecule has 0 saturated carbocycles. The van der Waals surface area contributed by atoms with Crippen LogP contribution in [0.2, 0.25) is 0 Å². The number of carbonyl (C=O) groups is 3. The minimum absolute atomic E-state index is 0.0404. The lowest BCUT2D eigenvalue weighted by atomic mass is 10.0. The number of hydrogen-bond acceptors (Lipinski definition) is 4. The van der Waals surface area contributed by atoms with Gasteiger partial charge in [-0.25, -0.2) is 14.6 Å². The summed E-state index contributed by atoms with van der Waals surface area (Å²) < 4.78 is 1.67. The third-order valence-electron chi connectivity index (χ3n) is 6.96. The van der Waals surface area contributed by atoms with E-state index in [0.29, 0.717) is 44.0 Å². The molecule has 2 aromatic carbocycles.